The maximum atomic E-state index is 11.9. The van der Waals surface area contributed by atoms with Crippen molar-refractivity contribution in [3.05, 3.63) is 27.3 Å². The number of aromatic amines is 1. The van der Waals surface area contributed by atoms with E-state index in [1.807, 2.05) is 13.8 Å². The highest BCUT2D eigenvalue weighted by atomic mass is 16.6. The van der Waals surface area contributed by atoms with Crippen LogP contribution in [-0.4, -0.2) is 39.3 Å². The van der Waals surface area contributed by atoms with E-state index in [1.54, 1.807) is 6.92 Å². The molecule has 0 spiro atoms. The fourth-order valence-electron chi connectivity index (χ4n) is 2.43. The number of nitrogens with zero attached hydrogens (tertiary/aromatic N) is 2. The number of ether oxygens (including phenoxy) is 2. The molecule has 1 aromatic rings. The smallest absolute Gasteiger partial charge is 0.350 e. The summed E-state index contributed by atoms with van der Waals surface area (Å²) in [6, 6.07) is -0.672. The standard InChI is InChI=1S/C14H22N4O5/c1-8(2)10(15)11(19)22-6-9-4-5-14(3,23-9)18-7-16-12(20)17-13(18)21/h7-10H,4-6,15H2,1-3H3,(H,17,20,21)/t9-,10-,14+/m0/s1. The number of carbonyl (C=O) groups excluding carboxylic acids is 1. The number of hydrogen-bond donors (Lipinski definition) is 2. The molecule has 0 amide bonds. The SMILES string of the molecule is CC(C)[C@H](N)C(=O)OC[C@@H]1CC[C@](C)(n2cnc(=O)[nH]c2=O)O1. The van der Waals surface area contributed by atoms with E-state index in [4.69, 9.17) is 15.2 Å². The number of aromatic nitrogens is 3. The fraction of sp³-hybridized carbons (Fsp3) is 0.714. The van der Waals surface area contributed by atoms with Crippen molar-refractivity contribution in [3.8, 4) is 0 Å². The molecule has 1 aromatic heterocycles. The number of nitrogens with one attached hydrogen (secondary N) is 1. The van der Waals surface area contributed by atoms with Crippen molar-refractivity contribution in [1.82, 2.24) is 14.5 Å². The monoisotopic (exact) mass is 326 g/mol. The molecule has 2 heterocycles. The fourth-order valence-corrected chi connectivity index (χ4v) is 2.43. The van der Waals surface area contributed by atoms with Crippen molar-refractivity contribution in [1.29, 1.82) is 0 Å². The second-order valence-corrected chi connectivity index (χ2v) is 6.20. The number of esters is 1. The minimum atomic E-state index is -0.939. The number of H-pyrrole nitrogens is 1. The van der Waals surface area contributed by atoms with Crippen LogP contribution < -0.4 is 17.1 Å². The maximum absolute atomic E-state index is 11.9. The molecule has 1 aliphatic rings. The third-order valence-corrected chi connectivity index (χ3v) is 3.99. The Balaban J connectivity index is 1.99. The van der Waals surface area contributed by atoms with Crippen molar-refractivity contribution < 1.29 is 14.3 Å². The van der Waals surface area contributed by atoms with Gasteiger partial charge in [0.05, 0.1) is 6.10 Å². The van der Waals surface area contributed by atoms with Crippen molar-refractivity contribution in [3.63, 3.8) is 0 Å². The van der Waals surface area contributed by atoms with Gasteiger partial charge < -0.3 is 15.2 Å². The maximum Gasteiger partial charge on any atom is 0.350 e. The normalized spacial score (nSPS) is 25.5. The zero-order valence-electron chi connectivity index (χ0n) is 13.4. The first-order valence-corrected chi connectivity index (χ1v) is 7.51. The Bertz CT molecular complexity index is 682. The summed E-state index contributed by atoms with van der Waals surface area (Å²) in [5.74, 6) is -0.483. The third kappa shape index (κ3) is 3.85. The van der Waals surface area contributed by atoms with E-state index in [0.717, 1.165) is 6.33 Å². The predicted molar refractivity (Wildman–Crippen MR) is 80.6 cm³/mol. The summed E-state index contributed by atoms with van der Waals surface area (Å²) in [6.45, 7) is 5.46. The van der Waals surface area contributed by atoms with Gasteiger partial charge in [-0.3, -0.25) is 14.3 Å². The Morgan fingerprint density at radius 1 is 1.61 bits per heavy atom. The highest BCUT2D eigenvalue weighted by Crippen LogP contribution is 2.33. The first kappa shape index (κ1) is 17.4. The Morgan fingerprint density at radius 2 is 2.30 bits per heavy atom. The van der Waals surface area contributed by atoms with Gasteiger partial charge in [-0.25, -0.2) is 9.59 Å². The zero-order chi connectivity index (χ0) is 17.2. The van der Waals surface area contributed by atoms with Crippen LogP contribution in [0.1, 0.15) is 33.6 Å². The average molecular weight is 326 g/mol. The molecule has 0 saturated carbocycles. The molecule has 0 aliphatic carbocycles. The van der Waals surface area contributed by atoms with E-state index in [-0.39, 0.29) is 18.6 Å². The van der Waals surface area contributed by atoms with Crippen molar-refractivity contribution in [2.45, 2.75) is 51.5 Å². The Hall–Kier alpha value is -2.00. The predicted octanol–water partition coefficient (Wildman–Crippen LogP) is -0.690. The molecule has 1 fully saturated rings. The molecule has 1 aliphatic heterocycles. The van der Waals surface area contributed by atoms with E-state index >= 15 is 0 Å². The summed E-state index contributed by atoms with van der Waals surface area (Å²) in [6.07, 6.45) is 1.94. The van der Waals surface area contributed by atoms with Gasteiger partial charge in [0.2, 0.25) is 0 Å². The minimum Gasteiger partial charge on any atom is -0.462 e. The lowest BCUT2D eigenvalue weighted by atomic mass is 10.1. The van der Waals surface area contributed by atoms with Crippen molar-refractivity contribution in [2.24, 2.45) is 11.7 Å². The summed E-state index contributed by atoms with van der Waals surface area (Å²) in [5, 5.41) is 0. The second kappa shape index (κ2) is 6.63. The summed E-state index contributed by atoms with van der Waals surface area (Å²) in [7, 11) is 0. The first-order chi connectivity index (χ1) is 10.7. The number of rotatable bonds is 5. The van der Waals surface area contributed by atoms with Gasteiger partial charge in [0.1, 0.15) is 24.7 Å². The van der Waals surface area contributed by atoms with Crippen LogP contribution in [0, 0.1) is 5.92 Å². The van der Waals surface area contributed by atoms with Crippen LogP contribution in [-0.2, 0) is 20.0 Å². The molecule has 0 unspecified atom stereocenters. The van der Waals surface area contributed by atoms with Gasteiger partial charge >= 0.3 is 17.3 Å². The van der Waals surface area contributed by atoms with Crippen LogP contribution >= 0.6 is 0 Å². The second-order valence-electron chi connectivity index (χ2n) is 6.20. The van der Waals surface area contributed by atoms with Gasteiger partial charge in [-0.15, -0.1) is 0 Å². The largest absolute Gasteiger partial charge is 0.462 e. The lowest BCUT2D eigenvalue weighted by Gasteiger charge is -2.26. The summed E-state index contributed by atoms with van der Waals surface area (Å²) in [4.78, 5) is 40.3. The summed E-state index contributed by atoms with van der Waals surface area (Å²) in [5.41, 5.74) is 3.48. The molecular formula is C14H22N4O5. The topological polar surface area (TPSA) is 129 Å². The molecule has 3 N–H and O–H groups in total. The molecular weight excluding hydrogens is 304 g/mol. The van der Waals surface area contributed by atoms with E-state index in [0.29, 0.717) is 12.8 Å². The van der Waals surface area contributed by atoms with Crippen molar-refractivity contribution in [2.75, 3.05) is 6.61 Å². The molecule has 128 valence electrons. The average Bonchev–Trinajstić information content (AvgIpc) is 2.86. The zero-order valence-corrected chi connectivity index (χ0v) is 13.4. The molecule has 0 bridgehead atoms. The molecule has 9 heteroatoms. The minimum absolute atomic E-state index is 0.0111. The lowest BCUT2D eigenvalue weighted by molar-refractivity contribution is -0.155. The van der Waals surface area contributed by atoms with E-state index in [9.17, 15) is 14.4 Å². The molecule has 3 atom stereocenters. The van der Waals surface area contributed by atoms with E-state index < -0.39 is 29.1 Å². The highest BCUT2D eigenvalue weighted by molar-refractivity contribution is 5.75. The van der Waals surface area contributed by atoms with Gasteiger partial charge in [-0.1, -0.05) is 13.8 Å². The number of hydrogen-bond acceptors (Lipinski definition) is 7. The van der Waals surface area contributed by atoms with Crippen LogP contribution in [0.4, 0.5) is 0 Å². The molecule has 23 heavy (non-hydrogen) atoms. The third-order valence-electron chi connectivity index (χ3n) is 3.99. The van der Waals surface area contributed by atoms with Gasteiger partial charge in [0.25, 0.3) is 0 Å². The quantitative estimate of drug-likeness (QED) is 0.685. The molecule has 0 aromatic carbocycles. The van der Waals surface area contributed by atoms with Crippen LogP contribution in [0.2, 0.25) is 0 Å². The van der Waals surface area contributed by atoms with Crippen molar-refractivity contribution >= 4 is 5.97 Å². The summed E-state index contributed by atoms with van der Waals surface area (Å²) < 4.78 is 12.2. The van der Waals surface area contributed by atoms with E-state index in [2.05, 4.69) is 9.97 Å². The Morgan fingerprint density at radius 3 is 2.91 bits per heavy atom. The summed E-state index contributed by atoms with van der Waals surface area (Å²) >= 11 is 0. The Labute approximate surface area is 132 Å². The Kier molecular flexibility index (Phi) is 5.00. The first-order valence-electron chi connectivity index (χ1n) is 7.51. The molecule has 9 nitrogen and oxygen atoms in total. The van der Waals surface area contributed by atoms with Crippen LogP contribution in [0.5, 0.6) is 0 Å². The molecule has 2 rings (SSSR count). The van der Waals surface area contributed by atoms with E-state index in [1.165, 1.54) is 4.57 Å². The molecule has 0 radical (unpaired) electrons. The van der Waals surface area contributed by atoms with Crippen LogP contribution in [0.25, 0.3) is 0 Å². The lowest BCUT2D eigenvalue weighted by Crippen LogP contribution is -2.43. The van der Waals surface area contributed by atoms with Gasteiger partial charge in [-0.05, 0) is 25.7 Å². The van der Waals surface area contributed by atoms with Gasteiger partial charge in [0, 0.05) is 0 Å². The highest BCUT2D eigenvalue weighted by Gasteiger charge is 2.39. The van der Waals surface area contributed by atoms with Gasteiger partial charge in [0.15, 0.2) is 0 Å². The number of nitrogens with two attached hydrogens (primary N) is 1. The van der Waals surface area contributed by atoms with Gasteiger partial charge in [-0.2, -0.15) is 4.98 Å². The van der Waals surface area contributed by atoms with Crippen LogP contribution in [0.15, 0.2) is 15.9 Å². The number of carbonyl (C=O) groups is 1. The molecule has 1 saturated heterocycles. The van der Waals surface area contributed by atoms with Crippen LogP contribution in [0.3, 0.4) is 0 Å².